The molecule has 0 saturated heterocycles. The minimum Gasteiger partial charge on any atom is -0.138 e. The van der Waals surface area contributed by atoms with Crippen molar-refractivity contribution in [3.05, 3.63) is 31.8 Å². The van der Waals surface area contributed by atoms with E-state index in [4.69, 9.17) is 0 Å². The first-order chi connectivity index (χ1) is 8.12. The summed E-state index contributed by atoms with van der Waals surface area (Å²) >= 11 is 11.0. The van der Waals surface area contributed by atoms with E-state index in [-0.39, 0.29) is 0 Å². The minimum absolute atomic E-state index is 1.25. The molecule has 2 aromatic rings. The first-order valence-corrected chi connectivity index (χ1v) is 11.3. The van der Waals surface area contributed by atoms with Crippen LogP contribution < -0.4 is 9.00 Å². The highest BCUT2D eigenvalue weighted by Gasteiger charge is 2.36. The third kappa shape index (κ3) is 2.63. The molecule has 0 saturated carbocycles. The van der Waals surface area contributed by atoms with Crippen LogP contribution in [0.25, 0.3) is 0 Å². The second kappa shape index (κ2) is 5.69. The van der Waals surface area contributed by atoms with Crippen LogP contribution >= 0.6 is 54.5 Å². The second-order valence-corrected chi connectivity index (χ2v) is 14.3. The molecule has 2 heterocycles. The molecule has 0 bridgehead atoms. The van der Waals surface area contributed by atoms with Crippen molar-refractivity contribution in [1.82, 2.24) is 0 Å². The lowest BCUT2D eigenvalue weighted by Gasteiger charge is -2.26. The molecule has 0 aromatic carbocycles. The van der Waals surface area contributed by atoms with Crippen LogP contribution in [0.2, 0.25) is 12.1 Å². The van der Waals surface area contributed by atoms with E-state index in [1.165, 1.54) is 19.7 Å². The molecule has 0 amide bonds. The molecule has 0 unspecified atom stereocenters. The molecular formula is C12H14Br2S2Si. The second-order valence-electron chi connectivity index (χ2n) is 4.00. The van der Waals surface area contributed by atoms with Crippen LogP contribution in [-0.2, 0) is 0 Å². The van der Waals surface area contributed by atoms with E-state index >= 15 is 0 Å². The molecule has 0 N–H and O–H groups in total. The quantitative estimate of drug-likeness (QED) is 0.627. The summed E-state index contributed by atoms with van der Waals surface area (Å²) in [4.78, 5) is 0. The zero-order valence-electron chi connectivity index (χ0n) is 9.80. The third-order valence-electron chi connectivity index (χ3n) is 3.30. The maximum Gasteiger partial charge on any atom is 0.142 e. The molecule has 0 spiro atoms. The fourth-order valence-corrected chi connectivity index (χ4v) is 13.1. The molecule has 2 rings (SSSR count). The van der Waals surface area contributed by atoms with Gasteiger partial charge in [-0.2, -0.15) is 0 Å². The van der Waals surface area contributed by atoms with Crippen LogP contribution in [0.1, 0.15) is 13.8 Å². The fourth-order valence-electron chi connectivity index (χ4n) is 2.21. The van der Waals surface area contributed by atoms with E-state index in [1.807, 2.05) is 22.7 Å². The van der Waals surface area contributed by atoms with Crippen molar-refractivity contribution in [2.75, 3.05) is 0 Å². The Bertz CT molecular complexity index is 458. The minimum atomic E-state index is -1.48. The van der Waals surface area contributed by atoms with Crippen LogP contribution in [0.5, 0.6) is 0 Å². The third-order valence-corrected chi connectivity index (χ3v) is 13.8. The maximum atomic E-state index is 3.60. The Balaban J connectivity index is 2.52. The predicted octanol–water partition coefficient (Wildman–Crippen LogP) is 4.94. The van der Waals surface area contributed by atoms with Gasteiger partial charge in [0.25, 0.3) is 0 Å². The molecule has 0 atom stereocenters. The van der Waals surface area contributed by atoms with Gasteiger partial charge in [-0.05, 0) is 53.0 Å². The summed E-state index contributed by atoms with van der Waals surface area (Å²) in [6.07, 6.45) is 0. The van der Waals surface area contributed by atoms with E-state index in [2.05, 4.69) is 70.0 Å². The SMILES string of the molecule is CC[Si](CC)(c1ccc(Br)s1)c1ccc(Br)s1. The molecule has 0 aliphatic carbocycles. The number of thiophene rings is 2. The Morgan fingerprint density at radius 2 is 1.29 bits per heavy atom. The van der Waals surface area contributed by atoms with E-state index in [0.717, 1.165) is 0 Å². The average molecular weight is 410 g/mol. The van der Waals surface area contributed by atoms with E-state index in [1.54, 1.807) is 9.00 Å². The van der Waals surface area contributed by atoms with Crippen molar-refractivity contribution < 1.29 is 0 Å². The normalized spacial score (nSPS) is 12.0. The Kier molecular flexibility index (Phi) is 4.69. The Hall–Kier alpha value is 0.577. The average Bonchev–Trinajstić information content (AvgIpc) is 2.92. The van der Waals surface area contributed by atoms with E-state index < -0.39 is 8.07 Å². The standard InChI is InChI=1S/C12H14Br2S2Si/c1-3-17(4-2,11-7-5-9(13)15-11)12-8-6-10(14)16-12/h5-8H,3-4H2,1-2H3. The predicted molar refractivity (Wildman–Crippen MR) is 90.0 cm³/mol. The van der Waals surface area contributed by atoms with Crippen LogP contribution in [-0.4, -0.2) is 8.07 Å². The lowest BCUT2D eigenvalue weighted by Crippen LogP contribution is -2.54. The van der Waals surface area contributed by atoms with Crippen molar-refractivity contribution in [3.63, 3.8) is 0 Å². The Morgan fingerprint density at radius 3 is 1.53 bits per heavy atom. The molecule has 5 heteroatoms. The summed E-state index contributed by atoms with van der Waals surface area (Å²) in [7, 11) is -1.48. The van der Waals surface area contributed by atoms with Gasteiger partial charge >= 0.3 is 0 Å². The first kappa shape index (κ1) is 14.0. The summed E-state index contributed by atoms with van der Waals surface area (Å²) in [5.41, 5.74) is 0. The zero-order valence-corrected chi connectivity index (χ0v) is 15.6. The molecule has 2 aromatic heterocycles. The Morgan fingerprint density at radius 1 is 0.882 bits per heavy atom. The van der Waals surface area contributed by atoms with Crippen molar-refractivity contribution in [2.24, 2.45) is 0 Å². The van der Waals surface area contributed by atoms with Gasteiger partial charge < -0.3 is 0 Å². The van der Waals surface area contributed by atoms with Gasteiger partial charge in [0.2, 0.25) is 0 Å². The summed E-state index contributed by atoms with van der Waals surface area (Å²) in [5.74, 6) is 0. The van der Waals surface area contributed by atoms with Crippen LogP contribution in [0.3, 0.4) is 0 Å². The van der Waals surface area contributed by atoms with Crippen LogP contribution in [0, 0.1) is 0 Å². The topological polar surface area (TPSA) is 0 Å². The molecule has 92 valence electrons. The zero-order chi connectivity index (χ0) is 12.5. The molecule has 0 fully saturated rings. The van der Waals surface area contributed by atoms with Crippen molar-refractivity contribution in [2.45, 2.75) is 25.9 Å². The molecule has 0 aliphatic heterocycles. The molecule has 17 heavy (non-hydrogen) atoms. The van der Waals surface area contributed by atoms with Gasteiger partial charge in [-0.3, -0.25) is 0 Å². The lowest BCUT2D eigenvalue weighted by molar-refractivity contribution is 1.30. The van der Waals surface area contributed by atoms with Gasteiger partial charge in [0.15, 0.2) is 0 Å². The van der Waals surface area contributed by atoms with E-state index in [0.29, 0.717) is 0 Å². The highest BCUT2D eigenvalue weighted by Crippen LogP contribution is 2.27. The number of rotatable bonds is 4. The molecule has 0 aliphatic rings. The van der Waals surface area contributed by atoms with Crippen molar-refractivity contribution in [3.8, 4) is 0 Å². The molecule has 0 radical (unpaired) electrons. The van der Waals surface area contributed by atoms with E-state index in [9.17, 15) is 0 Å². The van der Waals surface area contributed by atoms with Gasteiger partial charge in [0, 0.05) is 0 Å². The molecular weight excluding hydrogens is 396 g/mol. The maximum absolute atomic E-state index is 3.60. The summed E-state index contributed by atoms with van der Waals surface area (Å²) in [6.45, 7) is 4.69. The monoisotopic (exact) mass is 408 g/mol. The first-order valence-electron chi connectivity index (χ1n) is 5.64. The highest BCUT2D eigenvalue weighted by molar-refractivity contribution is 9.11. The van der Waals surface area contributed by atoms with Crippen LogP contribution in [0.15, 0.2) is 31.8 Å². The van der Waals surface area contributed by atoms with Crippen molar-refractivity contribution >= 4 is 71.6 Å². The lowest BCUT2D eigenvalue weighted by atomic mass is 10.7. The Labute approximate surface area is 128 Å². The number of hydrogen-bond acceptors (Lipinski definition) is 2. The van der Waals surface area contributed by atoms with Gasteiger partial charge in [0.1, 0.15) is 8.07 Å². The van der Waals surface area contributed by atoms with Gasteiger partial charge in [-0.15, -0.1) is 22.7 Å². The summed E-state index contributed by atoms with van der Waals surface area (Å²) < 4.78 is 5.70. The van der Waals surface area contributed by atoms with Crippen LogP contribution in [0.4, 0.5) is 0 Å². The number of hydrogen-bond donors (Lipinski definition) is 0. The summed E-state index contributed by atoms with van der Waals surface area (Å²) in [5, 5.41) is 0. The fraction of sp³-hybridized carbons (Fsp3) is 0.333. The van der Waals surface area contributed by atoms with Gasteiger partial charge in [0.05, 0.1) is 7.57 Å². The highest BCUT2D eigenvalue weighted by atomic mass is 79.9. The van der Waals surface area contributed by atoms with Gasteiger partial charge in [-0.25, -0.2) is 0 Å². The van der Waals surface area contributed by atoms with Gasteiger partial charge in [-0.1, -0.05) is 38.1 Å². The smallest absolute Gasteiger partial charge is 0.138 e. The number of halogens is 2. The summed E-state index contributed by atoms with van der Waals surface area (Å²) in [6, 6.07) is 11.6. The van der Waals surface area contributed by atoms with Crippen molar-refractivity contribution in [1.29, 1.82) is 0 Å². The largest absolute Gasteiger partial charge is 0.142 e. The molecule has 0 nitrogen and oxygen atoms in total.